The van der Waals surface area contributed by atoms with Crippen LogP contribution in [0.4, 0.5) is 0 Å². The number of hydrogen-bond acceptors (Lipinski definition) is 1. The molecule has 0 saturated heterocycles. The molecule has 0 radical (unpaired) electrons. The highest BCUT2D eigenvalue weighted by molar-refractivity contribution is 9.09. The van der Waals surface area contributed by atoms with E-state index in [1.807, 2.05) is 0 Å². The summed E-state index contributed by atoms with van der Waals surface area (Å²) in [5.41, 5.74) is 0.452. The third-order valence-electron chi connectivity index (χ3n) is 5.71. The first-order valence-corrected chi connectivity index (χ1v) is 8.91. The summed E-state index contributed by atoms with van der Waals surface area (Å²) in [4.78, 5) is 12.7. The molecular formula is C16H26BrNO. The zero-order valence-electron chi connectivity index (χ0n) is 12.2. The van der Waals surface area contributed by atoms with Gasteiger partial charge in [-0.05, 0) is 61.7 Å². The summed E-state index contributed by atoms with van der Waals surface area (Å²) in [6, 6.07) is 0. The Morgan fingerprint density at radius 1 is 1.32 bits per heavy atom. The number of carbonyl (C=O) groups is 1. The minimum atomic E-state index is -0.00906. The summed E-state index contributed by atoms with van der Waals surface area (Å²) < 4.78 is 0. The maximum Gasteiger partial charge on any atom is 0.226 e. The minimum absolute atomic E-state index is 0.00906. The first-order chi connectivity index (χ1) is 8.95. The Bertz CT molecular complexity index is 367. The molecule has 108 valence electrons. The van der Waals surface area contributed by atoms with Gasteiger partial charge in [-0.1, -0.05) is 29.8 Å². The molecule has 3 heteroatoms. The molecule has 4 saturated carbocycles. The SMILES string of the molecule is CC(CBr)CNC(=O)C12CC3CC(CC(C)(C3)C1)C2. The largest absolute Gasteiger partial charge is 0.355 e. The third-order valence-corrected chi connectivity index (χ3v) is 6.82. The lowest BCUT2D eigenvalue weighted by Crippen LogP contribution is -2.57. The van der Waals surface area contributed by atoms with Crippen molar-refractivity contribution in [3.8, 4) is 0 Å². The van der Waals surface area contributed by atoms with E-state index in [0.717, 1.165) is 43.0 Å². The van der Waals surface area contributed by atoms with Gasteiger partial charge in [0.25, 0.3) is 0 Å². The Morgan fingerprint density at radius 2 is 1.95 bits per heavy atom. The second-order valence-corrected chi connectivity index (χ2v) is 8.67. The van der Waals surface area contributed by atoms with Crippen molar-refractivity contribution >= 4 is 21.8 Å². The molecule has 0 aromatic rings. The van der Waals surface area contributed by atoms with Gasteiger partial charge in [0, 0.05) is 11.9 Å². The van der Waals surface area contributed by atoms with Crippen molar-refractivity contribution in [2.75, 3.05) is 11.9 Å². The molecule has 0 spiro atoms. The van der Waals surface area contributed by atoms with Crippen LogP contribution in [0.5, 0.6) is 0 Å². The second-order valence-electron chi connectivity index (χ2n) is 8.02. The van der Waals surface area contributed by atoms with Gasteiger partial charge >= 0.3 is 0 Å². The molecule has 4 aliphatic rings. The number of hydrogen-bond donors (Lipinski definition) is 1. The standard InChI is InChI=1S/C16H26BrNO/c1-11(8-17)9-18-14(19)16-6-12-3-13(7-16)5-15(2,4-12)10-16/h11-13H,3-10H2,1-2H3,(H,18,19). The molecule has 2 nitrogen and oxygen atoms in total. The van der Waals surface area contributed by atoms with Crippen molar-refractivity contribution < 1.29 is 4.79 Å². The summed E-state index contributed by atoms with van der Waals surface area (Å²) >= 11 is 3.49. The van der Waals surface area contributed by atoms with Crippen molar-refractivity contribution in [3.63, 3.8) is 0 Å². The van der Waals surface area contributed by atoms with E-state index in [1.54, 1.807) is 0 Å². The zero-order valence-corrected chi connectivity index (χ0v) is 13.8. The van der Waals surface area contributed by atoms with E-state index in [9.17, 15) is 4.79 Å². The molecule has 3 unspecified atom stereocenters. The predicted octanol–water partition coefficient (Wildman–Crippen LogP) is 3.74. The fourth-order valence-corrected chi connectivity index (χ4v) is 5.72. The molecule has 4 aliphatic carbocycles. The lowest BCUT2D eigenvalue weighted by molar-refractivity contribution is -0.155. The van der Waals surface area contributed by atoms with E-state index >= 15 is 0 Å². The van der Waals surface area contributed by atoms with Crippen LogP contribution in [0, 0.1) is 28.6 Å². The van der Waals surface area contributed by atoms with Gasteiger partial charge in [0.15, 0.2) is 0 Å². The van der Waals surface area contributed by atoms with E-state index < -0.39 is 0 Å². The molecule has 4 bridgehead atoms. The molecular weight excluding hydrogens is 302 g/mol. The monoisotopic (exact) mass is 327 g/mol. The van der Waals surface area contributed by atoms with Gasteiger partial charge in [-0.25, -0.2) is 0 Å². The Hall–Kier alpha value is -0.0500. The molecule has 19 heavy (non-hydrogen) atoms. The topological polar surface area (TPSA) is 29.1 Å². The van der Waals surface area contributed by atoms with E-state index in [4.69, 9.17) is 0 Å². The number of nitrogens with one attached hydrogen (secondary N) is 1. The highest BCUT2D eigenvalue weighted by Crippen LogP contribution is 2.65. The van der Waals surface area contributed by atoms with Gasteiger partial charge in [-0.15, -0.1) is 0 Å². The van der Waals surface area contributed by atoms with Gasteiger partial charge in [0.1, 0.15) is 0 Å². The van der Waals surface area contributed by atoms with Crippen LogP contribution in [0.25, 0.3) is 0 Å². The van der Waals surface area contributed by atoms with E-state index in [2.05, 4.69) is 35.1 Å². The zero-order chi connectivity index (χ0) is 13.7. The summed E-state index contributed by atoms with van der Waals surface area (Å²) in [5, 5.41) is 4.20. The second kappa shape index (κ2) is 4.75. The van der Waals surface area contributed by atoms with Gasteiger partial charge in [0.05, 0.1) is 5.41 Å². The van der Waals surface area contributed by atoms with Crippen LogP contribution >= 0.6 is 15.9 Å². The third kappa shape index (κ3) is 2.48. The molecule has 1 amide bonds. The van der Waals surface area contributed by atoms with Crippen molar-refractivity contribution in [1.29, 1.82) is 0 Å². The lowest BCUT2D eigenvalue weighted by atomic mass is 9.44. The van der Waals surface area contributed by atoms with Gasteiger partial charge in [-0.2, -0.15) is 0 Å². The van der Waals surface area contributed by atoms with Crippen LogP contribution < -0.4 is 5.32 Å². The van der Waals surface area contributed by atoms with Crippen LogP contribution in [0.15, 0.2) is 0 Å². The van der Waals surface area contributed by atoms with Crippen molar-refractivity contribution in [1.82, 2.24) is 5.32 Å². The first kappa shape index (κ1) is 13.9. The van der Waals surface area contributed by atoms with Gasteiger partial charge < -0.3 is 5.32 Å². The van der Waals surface area contributed by atoms with E-state index in [-0.39, 0.29) is 5.41 Å². The molecule has 4 fully saturated rings. The van der Waals surface area contributed by atoms with E-state index in [1.165, 1.54) is 19.3 Å². The Morgan fingerprint density at radius 3 is 2.47 bits per heavy atom. The van der Waals surface area contributed by atoms with Crippen LogP contribution in [0.1, 0.15) is 52.4 Å². The summed E-state index contributed by atoms with van der Waals surface area (Å²) in [6.45, 7) is 5.42. The maximum absolute atomic E-state index is 12.7. The summed E-state index contributed by atoms with van der Waals surface area (Å²) in [7, 11) is 0. The Kier molecular flexibility index (Phi) is 3.48. The fraction of sp³-hybridized carbons (Fsp3) is 0.938. The average Bonchev–Trinajstić information content (AvgIpc) is 2.32. The van der Waals surface area contributed by atoms with Crippen molar-refractivity contribution in [2.24, 2.45) is 28.6 Å². The maximum atomic E-state index is 12.7. The first-order valence-electron chi connectivity index (χ1n) is 7.79. The van der Waals surface area contributed by atoms with Crippen molar-refractivity contribution in [3.05, 3.63) is 0 Å². The average molecular weight is 328 g/mol. The minimum Gasteiger partial charge on any atom is -0.355 e. The van der Waals surface area contributed by atoms with E-state index in [0.29, 0.717) is 17.2 Å². The number of carbonyl (C=O) groups excluding carboxylic acids is 1. The molecule has 4 rings (SSSR count). The van der Waals surface area contributed by atoms with Crippen LogP contribution in [0.3, 0.4) is 0 Å². The Labute approximate surface area is 125 Å². The molecule has 0 aromatic heterocycles. The predicted molar refractivity (Wildman–Crippen MR) is 81.2 cm³/mol. The molecule has 0 heterocycles. The number of alkyl halides is 1. The normalized spacial score (nSPS) is 45.2. The van der Waals surface area contributed by atoms with Crippen LogP contribution in [0.2, 0.25) is 0 Å². The fourth-order valence-electron chi connectivity index (χ4n) is 5.50. The summed E-state index contributed by atoms with van der Waals surface area (Å²) in [5.74, 6) is 2.53. The van der Waals surface area contributed by atoms with Gasteiger partial charge in [-0.3, -0.25) is 4.79 Å². The van der Waals surface area contributed by atoms with Gasteiger partial charge in [0.2, 0.25) is 5.91 Å². The Balaban J connectivity index is 1.71. The quantitative estimate of drug-likeness (QED) is 0.783. The van der Waals surface area contributed by atoms with Crippen molar-refractivity contribution in [2.45, 2.75) is 52.4 Å². The van der Waals surface area contributed by atoms with Crippen LogP contribution in [-0.2, 0) is 4.79 Å². The number of halogens is 1. The number of rotatable bonds is 4. The summed E-state index contributed by atoms with van der Waals surface area (Å²) in [6.07, 6.45) is 7.60. The molecule has 3 atom stereocenters. The molecule has 0 aliphatic heterocycles. The highest BCUT2D eigenvalue weighted by Gasteiger charge is 2.58. The van der Waals surface area contributed by atoms with Crippen LogP contribution in [-0.4, -0.2) is 17.8 Å². The number of amides is 1. The highest BCUT2D eigenvalue weighted by atomic mass is 79.9. The smallest absolute Gasteiger partial charge is 0.226 e. The molecule has 1 N–H and O–H groups in total. The molecule has 0 aromatic carbocycles. The lowest BCUT2D eigenvalue weighted by Gasteiger charge is -2.60.